The van der Waals surface area contributed by atoms with Crippen LogP contribution in [-0.2, 0) is 13.1 Å². The minimum atomic E-state index is -0.396. The van der Waals surface area contributed by atoms with Crippen molar-refractivity contribution < 1.29 is 4.79 Å². The lowest BCUT2D eigenvalue weighted by Crippen LogP contribution is -2.23. The average molecular weight is 344 g/mol. The van der Waals surface area contributed by atoms with Gasteiger partial charge in [0.25, 0.3) is 0 Å². The number of hydrogen-bond acceptors (Lipinski definition) is 2. The van der Waals surface area contributed by atoms with Gasteiger partial charge in [0.1, 0.15) is 0 Å². The molecule has 2 N–H and O–H groups in total. The normalized spacial score (nSPS) is 10.5. The van der Waals surface area contributed by atoms with Crippen molar-refractivity contribution in [2.45, 2.75) is 26.9 Å². The van der Waals surface area contributed by atoms with E-state index in [0.29, 0.717) is 5.56 Å². The number of amides is 1. The minimum absolute atomic E-state index is 0.396. The summed E-state index contributed by atoms with van der Waals surface area (Å²) >= 11 is 0. The summed E-state index contributed by atoms with van der Waals surface area (Å²) < 4.78 is 0. The van der Waals surface area contributed by atoms with Gasteiger partial charge in [0, 0.05) is 24.3 Å². The van der Waals surface area contributed by atoms with Crippen LogP contribution in [0.3, 0.4) is 0 Å². The van der Waals surface area contributed by atoms with Gasteiger partial charge in [0.05, 0.1) is 0 Å². The minimum Gasteiger partial charge on any atom is -0.366 e. The monoisotopic (exact) mass is 344 g/mol. The molecule has 0 fully saturated rings. The Labute approximate surface area is 155 Å². The second-order valence-electron chi connectivity index (χ2n) is 6.69. The van der Waals surface area contributed by atoms with E-state index in [1.54, 1.807) is 12.1 Å². The van der Waals surface area contributed by atoms with Gasteiger partial charge in [-0.3, -0.25) is 4.79 Å². The summed E-state index contributed by atoms with van der Waals surface area (Å²) in [7, 11) is 0. The van der Waals surface area contributed by atoms with E-state index in [0.717, 1.165) is 18.7 Å². The van der Waals surface area contributed by atoms with Crippen molar-refractivity contribution in [3.8, 4) is 0 Å². The molecule has 3 aromatic rings. The molecular weight excluding hydrogens is 320 g/mol. The number of hydrogen-bond donors (Lipinski definition) is 1. The van der Waals surface area contributed by atoms with Crippen LogP contribution < -0.4 is 10.6 Å². The van der Waals surface area contributed by atoms with E-state index in [1.807, 2.05) is 12.1 Å². The Hall–Kier alpha value is -3.07. The fourth-order valence-electron chi connectivity index (χ4n) is 3.05. The molecule has 0 aliphatic carbocycles. The molecule has 0 aromatic heterocycles. The van der Waals surface area contributed by atoms with E-state index < -0.39 is 5.91 Å². The van der Waals surface area contributed by atoms with Crippen LogP contribution in [0, 0.1) is 13.8 Å². The molecule has 0 aliphatic rings. The Kier molecular flexibility index (Phi) is 5.37. The Morgan fingerprint density at radius 3 is 1.88 bits per heavy atom. The van der Waals surface area contributed by atoms with Crippen LogP contribution in [0.2, 0.25) is 0 Å². The SMILES string of the molecule is Cc1ccc(CN(Cc2ccc(C(N)=O)cc2)c2ccccc2C)cc1. The summed E-state index contributed by atoms with van der Waals surface area (Å²) in [4.78, 5) is 13.6. The van der Waals surface area contributed by atoms with E-state index >= 15 is 0 Å². The highest BCUT2D eigenvalue weighted by molar-refractivity contribution is 5.92. The number of carbonyl (C=O) groups is 1. The molecule has 26 heavy (non-hydrogen) atoms. The maximum absolute atomic E-state index is 11.3. The van der Waals surface area contributed by atoms with Gasteiger partial charge in [-0.25, -0.2) is 0 Å². The van der Waals surface area contributed by atoms with Gasteiger partial charge >= 0.3 is 0 Å². The third-order valence-electron chi connectivity index (χ3n) is 4.56. The first kappa shape index (κ1) is 17.7. The number of carbonyl (C=O) groups excluding carboxylic acids is 1. The van der Waals surface area contributed by atoms with E-state index in [1.165, 1.54) is 22.4 Å². The highest BCUT2D eigenvalue weighted by Gasteiger charge is 2.11. The number of nitrogens with two attached hydrogens (primary N) is 1. The Morgan fingerprint density at radius 1 is 0.808 bits per heavy atom. The molecule has 0 heterocycles. The molecule has 3 heteroatoms. The topological polar surface area (TPSA) is 46.3 Å². The second kappa shape index (κ2) is 7.87. The zero-order valence-corrected chi connectivity index (χ0v) is 15.3. The lowest BCUT2D eigenvalue weighted by Gasteiger charge is -2.27. The van der Waals surface area contributed by atoms with Crippen LogP contribution >= 0.6 is 0 Å². The van der Waals surface area contributed by atoms with Crippen LogP contribution in [0.5, 0.6) is 0 Å². The largest absolute Gasteiger partial charge is 0.366 e. The van der Waals surface area contributed by atoms with Crippen molar-refractivity contribution in [1.29, 1.82) is 0 Å². The number of aryl methyl sites for hydroxylation is 2. The molecule has 0 saturated carbocycles. The molecule has 3 aromatic carbocycles. The molecule has 132 valence electrons. The average Bonchev–Trinajstić information content (AvgIpc) is 2.64. The molecule has 0 bridgehead atoms. The number of nitrogens with zero attached hydrogens (tertiary/aromatic N) is 1. The van der Waals surface area contributed by atoms with Crippen LogP contribution in [-0.4, -0.2) is 5.91 Å². The van der Waals surface area contributed by atoms with Gasteiger partial charge in [-0.2, -0.15) is 0 Å². The van der Waals surface area contributed by atoms with Crippen molar-refractivity contribution >= 4 is 11.6 Å². The standard InChI is InChI=1S/C23H24N2O/c1-17-7-9-19(10-8-17)15-25(22-6-4-3-5-18(22)2)16-20-11-13-21(14-12-20)23(24)26/h3-14H,15-16H2,1-2H3,(H2,24,26). The number of primary amides is 1. The van der Waals surface area contributed by atoms with Gasteiger partial charge < -0.3 is 10.6 Å². The quantitative estimate of drug-likeness (QED) is 0.710. The van der Waals surface area contributed by atoms with E-state index in [-0.39, 0.29) is 0 Å². The molecule has 3 rings (SSSR count). The van der Waals surface area contributed by atoms with Crippen molar-refractivity contribution in [3.63, 3.8) is 0 Å². The first-order chi connectivity index (χ1) is 12.5. The molecular formula is C23H24N2O. The summed E-state index contributed by atoms with van der Waals surface area (Å²) in [5, 5.41) is 0. The summed E-state index contributed by atoms with van der Waals surface area (Å²) in [6.45, 7) is 5.82. The number of para-hydroxylation sites is 1. The fourth-order valence-corrected chi connectivity index (χ4v) is 3.05. The molecule has 0 spiro atoms. The van der Waals surface area contributed by atoms with Crippen molar-refractivity contribution in [2.24, 2.45) is 5.73 Å². The van der Waals surface area contributed by atoms with E-state index in [2.05, 4.69) is 67.3 Å². The number of rotatable bonds is 6. The van der Waals surface area contributed by atoms with Gasteiger partial charge in [0.15, 0.2) is 0 Å². The van der Waals surface area contributed by atoms with Gasteiger partial charge in [-0.15, -0.1) is 0 Å². The Balaban J connectivity index is 1.88. The second-order valence-corrected chi connectivity index (χ2v) is 6.69. The summed E-state index contributed by atoms with van der Waals surface area (Å²) in [6.07, 6.45) is 0. The predicted molar refractivity (Wildman–Crippen MR) is 107 cm³/mol. The lowest BCUT2D eigenvalue weighted by atomic mass is 10.1. The molecule has 0 unspecified atom stereocenters. The highest BCUT2D eigenvalue weighted by atomic mass is 16.1. The molecule has 1 amide bonds. The van der Waals surface area contributed by atoms with Gasteiger partial charge in [-0.1, -0.05) is 60.2 Å². The molecule has 3 nitrogen and oxygen atoms in total. The zero-order chi connectivity index (χ0) is 18.5. The molecule has 0 saturated heterocycles. The van der Waals surface area contributed by atoms with E-state index in [9.17, 15) is 4.79 Å². The summed E-state index contributed by atoms with van der Waals surface area (Å²) in [5.41, 5.74) is 12.0. The van der Waals surface area contributed by atoms with Gasteiger partial charge in [0.2, 0.25) is 5.91 Å². The Bertz CT molecular complexity index is 883. The van der Waals surface area contributed by atoms with Crippen LogP contribution in [0.4, 0.5) is 5.69 Å². The third-order valence-corrected chi connectivity index (χ3v) is 4.56. The zero-order valence-electron chi connectivity index (χ0n) is 15.3. The first-order valence-electron chi connectivity index (χ1n) is 8.78. The molecule has 0 radical (unpaired) electrons. The van der Waals surface area contributed by atoms with Gasteiger partial charge in [-0.05, 0) is 48.7 Å². The van der Waals surface area contributed by atoms with Crippen molar-refractivity contribution in [2.75, 3.05) is 4.90 Å². The van der Waals surface area contributed by atoms with Crippen LogP contribution in [0.1, 0.15) is 32.6 Å². The molecule has 0 aliphatic heterocycles. The number of anilines is 1. The smallest absolute Gasteiger partial charge is 0.248 e. The summed E-state index contributed by atoms with van der Waals surface area (Å²) in [5.74, 6) is -0.396. The first-order valence-corrected chi connectivity index (χ1v) is 8.78. The summed E-state index contributed by atoms with van der Waals surface area (Å²) in [6, 6.07) is 24.6. The Morgan fingerprint density at radius 2 is 1.35 bits per heavy atom. The van der Waals surface area contributed by atoms with Crippen LogP contribution in [0.25, 0.3) is 0 Å². The van der Waals surface area contributed by atoms with Crippen molar-refractivity contribution in [3.05, 3.63) is 101 Å². The number of benzene rings is 3. The van der Waals surface area contributed by atoms with E-state index in [4.69, 9.17) is 5.73 Å². The van der Waals surface area contributed by atoms with Crippen LogP contribution in [0.15, 0.2) is 72.8 Å². The fraction of sp³-hybridized carbons (Fsp3) is 0.174. The highest BCUT2D eigenvalue weighted by Crippen LogP contribution is 2.24. The van der Waals surface area contributed by atoms with Crippen molar-refractivity contribution in [1.82, 2.24) is 0 Å². The third kappa shape index (κ3) is 4.31. The maximum atomic E-state index is 11.3. The molecule has 0 atom stereocenters. The predicted octanol–water partition coefficient (Wildman–Crippen LogP) is 4.61. The maximum Gasteiger partial charge on any atom is 0.248 e. The lowest BCUT2D eigenvalue weighted by molar-refractivity contribution is 0.100.